The van der Waals surface area contributed by atoms with Crippen molar-refractivity contribution in [1.82, 2.24) is 5.32 Å². The van der Waals surface area contributed by atoms with Gasteiger partial charge in [-0.15, -0.1) is 0 Å². The number of para-hydroxylation sites is 1. The van der Waals surface area contributed by atoms with Gasteiger partial charge in [0.15, 0.2) is 6.10 Å². The van der Waals surface area contributed by atoms with Gasteiger partial charge in [-0.1, -0.05) is 24.6 Å². The summed E-state index contributed by atoms with van der Waals surface area (Å²) >= 11 is 0. The number of nitrogens with one attached hydrogen (secondary N) is 2. The molecule has 8 heteroatoms. The summed E-state index contributed by atoms with van der Waals surface area (Å²) < 4.78 is 38.1. The Balaban J connectivity index is 2.08. The second-order valence-electron chi connectivity index (χ2n) is 5.77. The largest absolute Gasteiger partial charge is 0.418 e. The number of benzene rings is 1. The van der Waals surface area contributed by atoms with E-state index in [1.54, 1.807) is 0 Å². The van der Waals surface area contributed by atoms with Gasteiger partial charge >= 0.3 is 6.18 Å². The van der Waals surface area contributed by atoms with Gasteiger partial charge in [-0.3, -0.25) is 9.59 Å². The predicted octanol–water partition coefficient (Wildman–Crippen LogP) is 2.53. The highest BCUT2D eigenvalue weighted by atomic mass is 19.4. The summed E-state index contributed by atoms with van der Waals surface area (Å²) in [7, 11) is 0. The van der Waals surface area contributed by atoms with Gasteiger partial charge in [0.2, 0.25) is 11.8 Å². The predicted molar refractivity (Wildman–Crippen MR) is 81.1 cm³/mol. The van der Waals surface area contributed by atoms with Crippen LogP contribution in [0, 0.1) is 5.92 Å². The van der Waals surface area contributed by atoms with Crippen LogP contribution < -0.4 is 10.6 Å². The molecular formula is C16H19F3N2O3. The minimum Gasteiger partial charge on any atom is -0.379 e. The average Bonchev–Trinajstić information content (AvgIpc) is 2.71. The molecule has 0 aromatic heterocycles. The van der Waals surface area contributed by atoms with Crippen molar-refractivity contribution in [3.63, 3.8) is 0 Å². The lowest BCUT2D eigenvalue weighted by atomic mass is 9.98. The molecule has 1 aliphatic rings. The first-order chi connectivity index (χ1) is 11.3. The number of carbonyl (C=O) groups is 2. The molecule has 0 saturated carbocycles. The number of carbonyl (C=O) groups excluding carboxylic acids is 2. The van der Waals surface area contributed by atoms with Gasteiger partial charge in [0.25, 0.3) is 0 Å². The summed E-state index contributed by atoms with van der Waals surface area (Å²) in [6.45, 7) is 0.567. The Morgan fingerprint density at radius 2 is 2.04 bits per heavy atom. The van der Waals surface area contributed by atoms with Gasteiger partial charge in [-0.25, -0.2) is 0 Å². The van der Waals surface area contributed by atoms with Crippen LogP contribution >= 0.6 is 0 Å². The second-order valence-corrected chi connectivity index (χ2v) is 5.77. The van der Waals surface area contributed by atoms with Gasteiger partial charge in [0, 0.05) is 30.1 Å². The smallest absolute Gasteiger partial charge is 0.379 e. The van der Waals surface area contributed by atoms with Crippen LogP contribution in [0.2, 0.25) is 0 Å². The third kappa shape index (κ3) is 4.70. The van der Waals surface area contributed by atoms with Crippen molar-refractivity contribution in [3.8, 4) is 0 Å². The van der Waals surface area contributed by atoms with Gasteiger partial charge in [0.1, 0.15) is 0 Å². The fraction of sp³-hybridized carbons (Fsp3) is 0.500. The van der Waals surface area contributed by atoms with Gasteiger partial charge < -0.3 is 15.7 Å². The van der Waals surface area contributed by atoms with Gasteiger partial charge in [-0.2, -0.15) is 13.2 Å². The number of aliphatic hydroxyl groups is 1. The van der Waals surface area contributed by atoms with Crippen LogP contribution in [0.15, 0.2) is 24.3 Å². The molecule has 0 unspecified atom stereocenters. The number of amides is 2. The van der Waals surface area contributed by atoms with E-state index in [1.807, 2.05) is 0 Å². The van der Waals surface area contributed by atoms with Crippen molar-refractivity contribution in [3.05, 3.63) is 29.8 Å². The number of hydrogen-bond acceptors (Lipinski definition) is 3. The highest BCUT2D eigenvalue weighted by Gasteiger charge is 2.40. The van der Waals surface area contributed by atoms with Gasteiger partial charge in [-0.05, 0) is 18.9 Å². The lowest BCUT2D eigenvalue weighted by molar-refractivity contribution is -0.206. The van der Waals surface area contributed by atoms with Crippen molar-refractivity contribution in [2.75, 3.05) is 11.9 Å². The minimum absolute atomic E-state index is 0.109. The molecule has 2 atom stereocenters. The van der Waals surface area contributed by atoms with Crippen LogP contribution in [0.5, 0.6) is 0 Å². The normalized spacial score (nSPS) is 20.0. The van der Waals surface area contributed by atoms with E-state index in [0.717, 1.165) is 18.9 Å². The summed E-state index contributed by atoms with van der Waals surface area (Å²) in [4.78, 5) is 23.9. The van der Waals surface area contributed by atoms with E-state index in [2.05, 4.69) is 10.6 Å². The van der Waals surface area contributed by atoms with E-state index >= 15 is 0 Å². The third-order valence-electron chi connectivity index (χ3n) is 3.92. The number of halogens is 3. The number of hydrogen-bond donors (Lipinski definition) is 3. The maximum Gasteiger partial charge on any atom is 0.418 e. The molecule has 0 spiro atoms. The van der Waals surface area contributed by atoms with Crippen molar-refractivity contribution >= 4 is 17.5 Å². The molecule has 3 N–H and O–H groups in total. The summed E-state index contributed by atoms with van der Waals surface area (Å²) in [5, 5.41) is 14.5. The Bertz CT molecular complexity index is 604. The summed E-state index contributed by atoms with van der Waals surface area (Å²) in [5.41, 5.74) is -0.537. The first kappa shape index (κ1) is 18.3. The Morgan fingerprint density at radius 3 is 2.75 bits per heavy atom. The number of aliphatic hydroxyl groups excluding tert-OH is 1. The van der Waals surface area contributed by atoms with E-state index < -0.39 is 29.7 Å². The van der Waals surface area contributed by atoms with Gasteiger partial charge in [0.05, 0.1) is 0 Å². The van der Waals surface area contributed by atoms with Crippen LogP contribution in [0.1, 0.15) is 37.4 Å². The van der Waals surface area contributed by atoms with E-state index in [-0.39, 0.29) is 18.0 Å². The van der Waals surface area contributed by atoms with Crippen molar-refractivity contribution in [2.45, 2.75) is 38.0 Å². The Kier molecular flexibility index (Phi) is 5.82. The molecule has 0 radical (unpaired) electrons. The molecule has 1 heterocycles. The first-order valence-corrected chi connectivity index (χ1v) is 7.70. The topological polar surface area (TPSA) is 78.4 Å². The fourth-order valence-corrected chi connectivity index (χ4v) is 2.65. The number of alkyl halides is 3. The molecule has 1 aromatic carbocycles. The highest BCUT2D eigenvalue weighted by molar-refractivity contribution is 5.94. The SMILES string of the molecule is O=C(C[C@@H]1CCCCNC1=O)Nc1ccccc1[C@@H](O)C(F)(F)F. The molecule has 1 aliphatic heterocycles. The first-order valence-electron chi connectivity index (χ1n) is 7.70. The molecular weight excluding hydrogens is 325 g/mol. The average molecular weight is 344 g/mol. The second kappa shape index (κ2) is 7.65. The molecule has 2 amide bonds. The van der Waals surface area contributed by atoms with E-state index in [0.29, 0.717) is 13.0 Å². The maximum absolute atomic E-state index is 12.7. The molecule has 0 aliphatic carbocycles. The standard InChI is InChI=1S/C16H19F3N2O3/c17-16(18,19)14(23)11-6-1-2-7-12(11)21-13(22)9-10-5-3-4-8-20-15(10)24/h1-2,6-7,10,14,23H,3-5,8-9H2,(H,20,24)(H,21,22)/t10-,14+/m0/s1. The van der Waals surface area contributed by atoms with Crippen molar-refractivity contribution in [1.29, 1.82) is 0 Å². The highest BCUT2D eigenvalue weighted by Crippen LogP contribution is 2.36. The maximum atomic E-state index is 12.7. The Morgan fingerprint density at radius 1 is 1.33 bits per heavy atom. The minimum atomic E-state index is -4.83. The molecule has 132 valence electrons. The van der Waals surface area contributed by atoms with Crippen LogP contribution in [-0.4, -0.2) is 29.6 Å². The molecule has 1 saturated heterocycles. The van der Waals surface area contributed by atoms with Crippen molar-refractivity contribution < 1.29 is 27.9 Å². The van der Waals surface area contributed by atoms with Crippen molar-refractivity contribution in [2.24, 2.45) is 5.92 Å². The molecule has 0 bridgehead atoms. The molecule has 1 aromatic rings. The Labute approximate surface area is 137 Å². The summed E-state index contributed by atoms with van der Waals surface area (Å²) in [6, 6.07) is 5.20. The zero-order valence-electron chi connectivity index (χ0n) is 12.9. The molecule has 5 nitrogen and oxygen atoms in total. The lowest BCUT2D eigenvalue weighted by Crippen LogP contribution is -2.31. The van der Waals surface area contributed by atoms with Crippen LogP contribution in [0.25, 0.3) is 0 Å². The monoisotopic (exact) mass is 344 g/mol. The van der Waals surface area contributed by atoms with E-state index in [9.17, 15) is 27.9 Å². The zero-order valence-corrected chi connectivity index (χ0v) is 12.9. The number of anilines is 1. The zero-order chi connectivity index (χ0) is 17.7. The number of rotatable bonds is 4. The summed E-state index contributed by atoms with van der Waals surface area (Å²) in [5.74, 6) is -1.27. The van der Waals surface area contributed by atoms with Crippen LogP contribution in [-0.2, 0) is 9.59 Å². The molecule has 2 rings (SSSR count). The third-order valence-corrected chi connectivity index (χ3v) is 3.92. The van der Waals surface area contributed by atoms with Crippen LogP contribution in [0.4, 0.5) is 18.9 Å². The quantitative estimate of drug-likeness (QED) is 0.785. The van der Waals surface area contributed by atoms with E-state index in [4.69, 9.17) is 0 Å². The lowest BCUT2D eigenvalue weighted by Gasteiger charge is -2.19. The Hall–Kier alpha value is -2.09. The van der Waals surface area contributed by atoms with Crippen LogP contribution in [0.3, 0.4) is 0 Å². The molecule has 24 heavy (non-hydrogen) atoms. The summed E-state index contributed by atoms with van der Waals surface area (Å²) in [6.07, 6.45) is -5.42. The van der Waals surface area contributed by atoms with E-state index in [1.165, 1.54) is 18.2 Å². The molecule has 1 fully saturated rings. The fourth-order valence-electron chi connectivity index (χ4n) is 2.65.